The van der Waals surface area contributed by atoms with Crippen LogP contribution < -0.4 is 0 Å². The Balaban J connectivity index is 0. The SMILES string of the molecule is C=CC(=C)C.C=CC(=O)O.CC1=CCC(C(=O)O)CC1. The largest absolute Gasteiger partial charge is 0.481 e. The number of carboxylic acids is 2. The van der Waals surface area contributed by atoms with E-state index in [2.05, 4.69) is 26.7 Å². The van der Waals surface area contributed by atoms with Gasteiger partial charge in [-0.05, 0) is 33.1 Å². The topological polar surface area (TPSA) is 74.6 Å². The molecule has 0 radical (unpaired) electrons. The number of carbonyl (C=O) groups is 2. The van der Waals surface area contributed by atoms with E-state index in [1.807, 2.05) is 13.0 Å². The third-order valence-corrected chi connectivity index (χ3v) is 2.51. The second-order valence-electron chi connectivity index (χ2n) is 4.45. The van der Waals surface area contributed by atoms with Gasteiger partial charge in [-0.3, -0.25) is 4.79 Å². The van der Waals surface area contributed by atoms with Gasteiger partial charge >= 0.3 is 11.9 Å². The van der Waals surface area contributed by atoms with Crippen LogP contribution in [0.4, 0.5) is 0 Å². The van der Waals surface area contributed by atoms with E-state index in [4.69, 9.17) is 10.2 Å². The summed E-state index contributed by atoms with van der Waals surface area (Å²) in [6.07, 6.45) is 7.08. The molecule has 112 valence electrons. The molecular formula is C16H24O4. The lowest BCUT2D eigenvalue weighted by molar-refractivity contribution is -0.142. The Morgan fingerprint density at radius 3 is 1.95 bits per heavy atom. The highest BCUT2D eigenvalue weighted by atomic mass is 16.4. The lowest BCUT2D eigenvalue weighted by Crippen LogP contribution is -2.15. The molecule has 0 heterocycles. The number of aliphatic carboxylic acids is 2. The van der Waals surface area contributed by atoms with E-state index in [9.17, 15) is 9.59 Å². The molecule has 0 aromatic rings. The highest BCUT2D eigenvalue weighted by Gasteiger charge is 2.18. The molecule has 4 nitrogen and oxygen atoms in total. The predicted octanol–water partition coefficient (Wildman–Crippen LogP) is 3.82. The van der Waals surface area contributed by atoms with Crippen molar-refractivity contribution in [1.29, 1.82) is 0 Å². The van der Waals surface area contributed by atoms with Gasteiger partial charge in [-0.15, -0.1) is 0 Å². The van der Waals surface area contributed by atoms with E-state index in [1.54, 1.807) is 6.08 Å². The van der Waals surface area contributed by atoms with E-state index < -0.39 is 11.9 Å². The molecule has 0 amide bonds. The van der Waals surface area contributed by atoms with Crippen molar-refractivity contribution < 1.29 is 19.8 Å². The minimum absolute atomic E-state index is 0.122. The Labute approximate surface area is 120 Å². The Bertz CT molecular complexity index is 373. The average Bonchev–Trinajstić information content (AvgIpc) is 2.40. The Morgan fingerprint density at radius 2 is 1.75 bits per heavy atom. The van der Waals surface area contributed by atoms with Crippen LogP contribution in [0.3, 0.4) is 0 Å². The molecule has 0 spiro atoms. The summed E-state index contributed by atoms with van der Waals surface area (Å²) >= 11 is 0. The minimum Gasteiger partial charge on any atom is -0.481 e. The maximum atomic E-state index is 10.4. The molecule has 1 rings (SSSR count). The summed E-state index contributed by atoms with van der Waals surface area (Å²) in [4.78, 5) is 19.7. The van der Waals surface area contributed by atoms with Gasteiger partial charge in [0.15, 0.2) is 0 Å². The second kappa shape index (κ2) is 12.0. The minimum atomic E-state index is -0.981. The van der Waals surface area contributed by atoms with E-state index in [-0.39, 0.29) is 5.92 Å². The van der Waals surface area contributed by atoms with Crippen molar-refractivity contribution in [2.75, 3.05) is 0 Å². The summed E-state index contributed by atoms with van der Waals surface area (Å²) < 4.78 is 0. The van der Waals surface area contributed by atoms with E-state index in [1.165, 1.54) is 5.57 Å². The van der Waals surface area contributed by atoms with Crippen LogP contribution in [-0.2, 0) is 9.59 Å². The first-order valence-electron chi connectivity index (χ1n) is 6.26. The van der Waals surface area contributed by atoms with E-state index >= 15 is 0 Å². The molecule has 20 heavy (non-hydrogen) atoms. The second-order valence-corrected chi connectivity index (χ2v) is 4.45. The van der Waals surface area contributed by atoms with Crippen molar-refractivity contribution >= 4 is 11.9 Å². The van der Waals surface area contributed by atoms with Crippen molar-refractivity contribution in [2.24, 2.45) is 5.92 Å². The molecule has 1 aliphatic rings. The smallest absolute Gasteiger partial charge is 0.327 e. The molecule has 0 aromatic heterocycles. The lowest BCUT2D eigenvalue weighted by Gasteiger charge is -2.15. The van der Waals surface area contributed by atoms with Crippen molar-refractivity contribution in [3.8, 4) is 0 Å². The molecule has 0 fully saturated rings. The van der Waals surface area contributed by atoms with Crippen LogP contribution in [-0.4, -0.2) is 22.2 Å². The molecule has 0 saturated heterocycles. The van der Waals surface area contributed by atoms with Crippen molar-refractivity contribution in [3.05, 3.63) is 49.1 Å². The number of hydrogen-bond donors (Lipinski definition) is 2. The molecule has 1 unspecified atom stereocenters. The molecule has 1 atom stereocenters. The molecule has 0 aromatic carbocycles. The zero-order valence-corrected chi connectivity index (χ0v) is 12.3. The van der Waals surface area contributed by atoms with Gasteiger partial charge in [0, 0.05) is 6.08 Å². The zero-order chi connectivity index (χ0) is 16.1. The summed E-state index contributed by atoms with van der Waals surface area (Å²) in [5.41, 5.74) is 2.35. The Hall–Kier alpha value is -2.10. The molecule has 4 heteroatoms. The highest BCUT2D eigenvalue weighted by Crippen LogP contribution is 2.22. The molecule has 2 N–H and O–H groups in total. The molecule has 1 aliphatic carbocycles. The fourth-order valence-electron chi connectivity index (χ4n) is 1.19. The van der Waals surface area contributed by atoms with E-state index in [0.717, 1.165) is 30.9 Å². The summed E-state index contributed by atoms with van der Waals surface area (Å²) in [7, 11) is 0. The number of carboxylic acid groups (broad SMARTS) is 2. The van der Waals surface area contributed by atoms with Crippen LogP contribution in [0.5, 0.6) is 0 Å². The van der Waals surface area contributed by atoms with Crippen molar-refractivity contribution in [2.45, 2.75) is 33.1 Å². The van der Waals surface area contributed by atoms with Gasteiger partial charge in [-0.2, -0.15) is 0 Å². The van der Waals surface area contributed by atoms with Gasteiger partial charge in [0.2, 0.25) is 0 Å². The van der Waals surface area contributed by atoms with E-state index in [0.29, 0.717) is 0 Å². The summed E-state index contributed by atoms with van der Waals surface area (Å²) in [6.45, 7) is 13.9. The monoisotopic (exact) mass is 280 g/mol. The van der Waals surface area contributed by atoms with Crippen LogP contribution in [0.25, 0.3) is 0 Å². The van der Waals surface area contributed by atoms with Crippen LogP contribution in [0.15, 0.2) is 49.1 Å². The lowest BCUT2D eigenvalue weighted by atomic mass is 9.90. The average molecular weight is 280 g/mol. The standard InChI is InChI=1S/C8H12O2.C5H8.C3H4O2/c1-6-2-4-7(5-3-6)8(9)10;1-4-5(2)3;1-2-3(4)5/h2,7H,3-5H2,1H3,(H,9,10);4H,1-2H2,3H3;2H,1H2,(H,4,5). The number of allylic oxidation sites excluding steroid dienone is 4. The van der Waals surface area contributed by atoms with Gasteiger partial charge in [-0.25, -0.2) is 4.79 Å². The Kier molecular flexibility index (Phi) is 12.1. The van der Waals surface area contributed by atoms with Crippen LogP contribution in [0, 0.1) is 5.92 Å². The first-order valence-corrected chi connectivity index (χ1v) is 6.26. The third-order valence-electron chi connectivity index (χ3n) is 2.51. The third kappa shape index (κ3) is 14.0. The first-order chi connectivity index (χ1) is 9.24. The number of hydrogen-bond acceptors (Lipinski definition) is 2. The summed E-state index contributed by atoms with van der Waals surface area (Å²) in [5, 5.41) is 16.2. The maximum Gasteiger partial charge on any atom is 0.327 e. The van der Waals surface area contributed by atoms with Crippen LogP contribution in [0.2, 0.25) is 0 Å². The van der Waals surface area contributed by atoms with Crippen molar-refractivity contribution in [1.82, 2.24) is 0 Å². The van der Waals surface area contributed by atoms with Gasteiger partial charge < -0.3 is 10.2 Å². The molecule has 0 aliphatic heterocycles. The molecule has 0 bridgehead atoms. The van der Waals surface area contributed by atoms with Gasteiger partial charge in [0.05, 0.1) is 5.92 Å². The maximum absolute atomic E-state index is 10.4. The summed E-state index contributed by atoms with van der Waals surface area (Å²) in [6, 6.07) is 0. The quantitative estimate of drug-likeness (QED) is 0.468. The van der Waals surface area contributed by atoms with Gasteiger partial charge in [0.25, 0.3) is 0 Å². The van der Waals surface area contributed by atoms with Crippen molar-refractivity contribution in [3.63, 3.8) is 0 Å². The molecule has 0 saturated carbocycles. The van der Waals surface area contributed by atoms with Crippen LogP contribution in [0.1, 0.15) is 33.1 Å². The summed E-state index contributed by atoms with van der Waals surface area (Å²) in [5.74, 6) is -1.75. The fraction of sp³-hybridized carbons (Fsp3) is 0.375. The first kappa shape index (κ1) is 20.2. The van der Waals surface area contributed by atoms with Crippen LogP contribution >= 0.6 is 0 Å². The fourth-order valence-corrected chi connectivity index (χ4v) is 1.19. The predicted molar refractivity (Wildman–Crippen MR) is 81.6 cm³/mol. The zero-order valence-electron chi connectivity index (χ0n) is 12.3. The number of rotatable bonds is 3. The normalized spacial score (nSPS) is 16.1. The Morgan fingerprint density at radius 1 is 1.30 bits per heavy atom. The molecular weight excluding hydrogens is 256 g/mol. The van der Waals surface area contributed by atoms with Gasteiger partial charge in [-0.1, -0.05) is 43.0 Å². The van der Waals surface area contributed by atoms with Gasteiger partial charge in [0.1, 0.15) is 0 Å². The highest BCUT2D eigenvalue weighted by molar-refractivity contribution is 5.78.